The second-order valence-corrected chi connectivity index (χ2v) is 13.4. The van der Waals surface area contributed by atoms with E-state index in [9.17, 15) is 18.0 Å². The number of ether oxygens (including phenoxy) is 1. The Balaban J connectivity index is 1.40. The summed E-state index contributed by atoms with van der Waals surface area (Å²) in [6, 6.07) is 14.1. The third kappa shape index (κ3) is 5.99. The Hall–Kier alpha value is -3.86. The highest BCUT2D eigenvalue weighted by Gasteiger charge is 2.28. The molecule has 0 aliphatic carbocycles. The molecular formula is C29H35N5O5S. The van der Waals surface area contributed by atoms with Crippen molar-refractivity contribution in [3.8, 4) is 17.2 Å². The van der Waals surface area contributed by atoms with E-state index in [-0.39, 0.29) is 16.5 Å². The van der Waals surface area contributed by atoms with Crippen molar-refractivity contribution >= 4 is 27.0 Å². The summed E-state index contributed by atoms with van der Waals surface area (Å²) in [5.41, 5.74) is 2.80. The molecule has 3 heterocycles. The Bertz CT molecular complexity index is 1650. The number of sulfone groups is 1. The number of hydrogen-bond acceptors (Lipinski definition) is 6. The van der Waals surface area contributed by atoms with Crippen molar-refractivity contribution in [1.29, 1.82) is 0 Å². The standard InChI is InChI=1S/C29H35N5O5S/c1-29(2,3)39-28(36)33-17-15-19(16-18-33)9-14-22-25(20-10-12-21(13-11-20)40(4,37)38)32-34(26(22)35)27-30-23-7-5-6-8-24(23)31-27/h5-8,10-13,19,32H,9,14-18H2,1-4H3,(H,30,31). The van der Waals surface area contributed by atoms with E-state index in [4.69, 9.17) is 4.74 Å². The zero-order valence-electron chi connectivity index (χ0n) is 23.2. The fraction of sp³-hybridized carbons (Fsp3) is 0.414. The van der Waals surface area contributed by atoms with Gasteiger partial charge < -0.3 is 14.6 Å². The maximum atomic E-state index is 13.7. The minimum atomic E-state index is -3.35. The lowest BCUT2D eigenvalue weighted by Crippen LogP contribution is -2.41. The van der Waals surface area contributed by atoms with Gasteiger partial charge >= 0.3 is 6.09 Å². The van der Waals surface area contributed by atoms with Crippen molar-refractivity contribution in [1.82, 2.24) is 24.6 Å². The van der Waals surface area contributed by atoms with Gasteiger partial charge in [0.2, 0.25) is 5.95 Å². The zero-order chi connectivity index (χ0) is 28.7. The molecule has 0 unspecified atom stereocenters. The van der Waals surface area contributed by atoms with Crippen LogP contribution in [0, 0.1) is 5.92 Å². The number of rotatable bonds is 6. The Morgan fingerprint density at radius 1 is 1.07 bits per heavy atom. The predicted molar refractivity (Wildman–Crippen MR) is 153 cm³/mol. The molecule has 0 bridgehead atoms. The molecule has 5 rings (SSSR count). The van der Waals surface area contributed by atoms with Crippen LogP contribution in [0.5, 0.6) is 0 Å². The molecule has 1 amide bonds. The number of piperidine rings is 1. The van der Waals surface area contributed by atoms with Gasteiger partial charge in [0.15, 0.2) is 9.84 Å². The number of aromatic amines is 2. The molecule has 0 radical (unpaired) electrons. The van der Waals surface area contributed by atoms with E-state index in [1.807, 2.05) is 45.0 Å². The van der Waals surface area contributed by atoms with Crippen LogP contribution in [0.15, 0.2) is 58.2 Å². The maximum absolute atomic E-state index is 13.7. The summed E-state index contributed by atoms with van der Waals surface area (Å²) in [6.45, 7) is 6.82. The van der Waals surface area contributed by atoms with Gasteiger partial charge in [0, 0.05) is 24.9 Å². The van der Waals surface area contributed by atoms with Crippen LogP contribution in [0.2, 0.25) is 0 Å². The number of fused-ring (bicyclic) bond motifs is 1. The highest BCUT2D eigenvalue weighted by molar-refractivity contribution is 7.90. The lowest BCUT2D eigenvalue weighted by Gasteiger charge is -2.33. The van der Waals surface area contributed by atoms with Crippen LogP contribution in [0.4, 0.5) is 4.79 Å². The zero-order valence-corrected chi connectivity index (χ0v) is 24.0. The number of para-hydroxylation sites is 2. The molecule has 4 aromatic rings. The first-order chi connectivity index (χ1) is 18.9. The van der Waals surface area contributed by atoms with Crippen LogP contribution in [0.25, 0.3) is 28.2 Å². The fourth-order valence-electron chi connectivity index (χ4n) is 5.08. The Morgan fingerprint density at radius 2 is 1.75 bits per heavy atom. The predicted octanol–water partition coefficient (Wildman–Crippen LogP) is 4.69. The van der Waals surface area contributed by atoms with Gasteiger partial charge in [0.05, 0.1) is 21.6 Å². The maximum Gasteiger partial charge on any atom is 0.410 e. The lowest BCUT2D eigenvalue weighted by molar-refractivity contribution is 0.0181. The van der Waals surface area contributed by atoms with Crippen molar-refractivity contribution in [3.05, 3.63) is 64.4 Å². The number of carbonyl (C=O) groups excluding carboxylic acids is 1. The molecule has 2 aromatic carbocycles. The van der Waals surface area contributed by atoms with Gasteiger partial charge in [-0.15, -0.1) is 0 Å². The number of carbonyl (C=O) groups is 1. The number of benzene rings is 2. The summed E-state index contributed by atoms with van der Waals surface area (Å²) >= 11 is 0. The molecule has 1 saturated heterocycles. The normalized spacial score (nSPS) is 15.1. The summed E-state index contributed by atoms with van der Waals surface area (Å²) in [5.74, 6) is 0.741. The van der Waals surface area contributed by atoms with E-state index in [1.54, 1.807) is 29.2 Å². The first kappa shape index (κ1) is 27.7. The van der Waals surface area contributed by atoms with Gasteiger partial charge in [-0.25, -0.2) is 18.2 Å². The van der Waals surface area contributed by atoms with Gasteiger partial charge in [-0.1, -0.05) is 24.3 Å². The van der Waals surface area contributed by atoms with Crippen LogP contribution in [-0.4, -0.2) is 64.1 Å². The summed E-state index contributed by atoms with van der Waals surface area (Å²) in [5, 5.41) is 3.22. The van der Waals surface area contributed by atoms with Crippen molar-refractivity contribution in [2.24, 2.45) is 5.92 Å². The fourth-order valence-corrected chi connectivity index (χ4v) is 5.72. The second-order valence-electron chi connectivity index (χ2n) is 11.4. The quantitative estimate of drug-likeness (QED) is 0.349. The topological polar surface area (TPSA) is 130 Å². The molecule has 0 atom stereocenters. The lowest BCUT2D eigenvalue weighted by atomic mass is 9.90. The molecule has 1 fully saturated rings. The first-order valence-electron chi connectivity index (χ1n) is 13.5. The van der Waals surface area contributed by atoms with Crippen molar-refractivity contribution in [3.63, 3.8) is 0 Å². The number of amides is 1. The molecule has 11 heteroatoms. The van der Waals surface area contributed by atoms with E-state index < -0.39 is 15.4 Å². The number of imidazole rings is 1. The number of hydrogen-bond donors (Lipinski definition) is 2. The van der Waals surface area contributed by atoms with E-state index in [0.29, 0.717) is 48.2 Å². The van der Waals surface area contributed by atoms with Gasteiger partial charge in [0.25, 0.3) is 5.56 Å². The molecule has 10 nitrogen and oxygen atoms in total. The molecule has 1 aliphatic heterocycles. The summed E-state index contributed by atoms with van der Waals surface area (Å²) in [7, 11) is -3.35. The Labute approximate surface area is 233 Å². The van der Waals surface area contributed by atoms with Gasteiger partial charge in [-0.3, -0.25) is 9.89 Å². The van der Waals surface area contributed by atoms with E-state index >= 15 is 0 Å². The SMILES string of the molecule is CC(C)(C)OC(=O)N1CCC(CCc2c(-c3ccc(S(C)(=O)=O)cc3)[nH]n(-c3nc4ccccc4[nH]3)c2=O)CC1. The average molecular weight is 566 g/mol. The monoisotopic (exact) mass is 565 g/mol. The molecule has 40 heavy (non-hydrogen) atoms. The van der Waals surface area contributed by atoms with Crippen LogP contribution in [-0.2, 0) is 21.0 Å². The number of aromatic nitrogens is 4. The van der Waals surface area contributed by atoms with Crippen molar-refractivity contribution < 1.29 is 17.9 Å². The van der Waals surface area contributed by atoms with Crippen LogP contribution >= 0.6 is 0 Å². The number of nitrogens with one attached hydrogen (secondary N) is 2. The van der Waals surface area contributed by atoms with Gasteiger partial charge in [0.1, 0.15) is 5.60 Å². The number of likely N-dealkylation sites (tertiary alicyclic amines) is 1. The summed E-state index contributed by atoms with van der Waals surface area (Å²) in [6.07, 6.45) is 3.86. The second kappa shape index (κ2) is 10.6. The third-order valence-electron chi connectivity index (χ3n) is 7.22. The minimum absolute atomic E-state index is 0.201. The van der Waals surface area contributed by atoms with Crippen molar-refractivity contribution in [2.45, 2.75) is 57.0 Å². The average Bonchev–Trinajstić information content (AvgIpc) is 3.47. The van der Waals surface area contributed by atoms with E-state index in [2.05, 4.69) is 15.1 Å². The minimum Gasteiger partial charge on any atom is -0.444 e. The third-order valence-corrected chi connectivity index (χ3v) is 8.34. The largest absolute Gasteiger partial charge is 0.444 e. The highest BCUT2D eigenvalue weighted by Crippen LogP contribution is 2.28. The molecule has 1 aliphatic rings. The van der Waals surface area contributed by atoms with E-state index in [1.165, 1.54) is 10.9 Å². The van der Waals surface area contributed by atoms with Crippen LogP contribution in [0.3, 0.4) is 0 Å². The molecule has 212 valence electrons. The molecule has 2 aromatic heterocycles. The van der Waals surface area contributed by atoms with Crippen LogP contribution in [0.1, 0.15) is 45.6 Å². The van der Waals surface area contributed by atoms with E-state index in [0.717, 1.165) is 30.3 Å². The first-order valence-corrected chi connectivity index (χ1v) is 15.4. The highest BCUT2D eigenvalue weighted by atomic mass is 32.2. The Kier molecular flexibility index (Phi) is 7.34. The molecule has 0 saturated carbocycles. The number of nitrogens with zero attached hydrogens (tertiary/aromatic N) is 3. The van der Waals surface area contributed by atoms with Crippen LogP contribution < -0.4 is 5.56 Å². The molecule has 0 spiro atoms. The van der Waals surface area contributed by atoms with Crippen molar-refractivity contribution in [2.75, 3.05) is 19.3 Å². The molecule has 2 N–H and O–H groups in total. The smallest absolute Gasteiger partial charge is 0.410 e. The number of H-pyrrole nitrogens is 2. The van der Waals surface area contributed by atoms with Gasteiger partial charge in [-0.05, 0) is 82.2 Å². The van der Waals surface area contributed by atoms with Gasteiger partial charge in [-0.2, -0.15) is 4.68 Å². The molecular weight excluding hydrogens is 530 g/mol. The summed E-state index contributed by atoms with van der Waals surface area (Å²) in [4.78, 5) is 35.9. The Morgan fingerprint density at radius 3 is 2.38 bits per heavy atom. The summed E-state index contributed by atoms with van der Waals surface area (Å²) < 4.78 is 30.9.